The van der Waals surface area contributed by atoms with Crippen LogP contribution in [0.2, 0.25) is 0 Å². The van der Waals surface area contributed by atoms with E-state index in [9.17, 15) is 9.18 Å². The van der Waals surface area contributed by atoms with Crippen molar-refractivity contribution in [2.75, 3.05) is 13.1 Å². The maximum atomic E-state index is 12.8. The lowest BCUT2D eigenvalue weighted by molar-refractivity contribution is 0.0208. The van der Waals surface area contributed by atoms with Gasteiger partial charge in [0.05, 0.1) is 0 Å². The molecule has 3 N–H and O–H groups in total. The number of hydrogen-bond donors (Lipinski definition) is 2. The second-order valence-corrected chi connectivity index (χ2v) is 5.57. The van der Waals surface area contributed by atoms with Crippen LogP contribution in [0.25, 0.3) is 0 Å². The Labute approximate surface area is 95.7 Å². The lowest BCUT2D eigenvalue weighted by atomic mass is 9.67. The number of nitrogens with two attached hydrogens (primary N) is 1. The largest absolute Gasteiger partial charge is 0.444 e. The number of carbonyl (C=O) groups excluding carboxylic acids is 1. The van der Waals surface area contributed by atoms with E-state index in [0.717, 1.165) is 0 Å². The highest BCUT2D eigenvalue weighted by atomic mass is 19.1. The average Bonchev–Trinajstić information content (AvgIpc) is 2.07. The second-order valence-electron chi connectivity index (χ2n) is 5.57. The molecular formula is C11H21FN2O2. The first kappa shape index (κ1) is 13.2. The van der Waals surface area contributed by atoms with Crippen LogP contribution in [0.5, 0.6) is 0 Å². The van der Waals surface area contributed by atoms with Crippen molar-refractivity contribution in [1.82, 2.24) is 5.32 Å². The summed E-state index contributed by atoms with van der Waals surface area (Å²) in [6.45, 7) is 6.17. The van der Waals surface area contributed by atoms with Gasteiger partial charge < -0.3 is 15.8 Å². The van der Waals surface area contributed by atoms with Gasteiger partial charge in [-0.2, -0.15) is 0 Å². The van der Waals surface area contributed by atoms with Gasteiger partial charge in [0.15, 0.2) is 0 Å². The molecule has 0 bridgehead atoms. The van der Waals surface area contributed by atoms with E-state index < -0.39 is 17.9 Å². The first-order chi connectivity index (χ1) is 7.26. The molecule has 0 aromatic heterocycles. The van der Waals surface area contributed by atoms with Crippen LogP contribution in [0.3, 0.4) is 0 Å². The molecule has 1 rings (SSSR count). The van der Waals surface area contributed by atoms with Crippen LogP contribution in [0.4, 0.5) is 9.18 Å². The monoisotopic (exact) mass is 232 g/mol. The van der Waals surface area contributed by atoms with Crippen molar-refractivity contribution in [2.45, 2.75) is 45.4 Å². The van der Waals surface area contributed by atoms with Crippen LogP contribution < -0.4 is 11.1 Å². The van der Waals surface area contributed by atoms with E-state index in [0.29, 0.717) is 25.9 Å². The summed E-state index contributed by atoms with van der Waals surface area (Å²) in [6.07, 6.45) is -0.384. The minimum Gasteiger partial charge on any atom is -0.444 e. The molecule has 16 heavy (non-hydrogen) atoms. The molecule has 0 aromatic carbocycles. The molecule has 0 spiro atoms. The molecule has 0 aromatic rings. The van der Waals surface area contributed by atoms with Gasteiger partial charge in [-0.1, -0.05) is 0 Å². The number of hydrogen-bond acceptors (Lipinski definition) is 3. The van der Waals surface area contributed by atoms with Gasteiger partial charge in [0, 0.05) is 12.0 Å². The number of alkyl carbamates (subject to hydrolysis) is 1. The van der Waals surface area contributed by atoms with Crippen LogP contribution >= 0.6 is 0 Å². The molecule has 94 valence electrons. The molecule has 0 unspecified atom stereocenters. The predicted molar refractivity (Wildman–Crippen MR) is 59.9 cm³/mol. The Hall–Kier alpha value is -0.840. The van der Waals surface area contributed by atoms with Crippen molar-refractivity contribution in [3.8, 4) is 0 Å². The Morgan fingerprint density at radius 1 is 1.56 bits per heavy atom. The van der Waals surface area contributed by atoms with Crippen molar-refractivity contribution >= 4 is 6.09 Å². The van der Waals surface area contributed by atoms with E-state index >= 15 is 0 Å². The van der Waals surface area contributed by atoms with Crippen LogP contribution in [0.1, 0.15) is 33.6 Å². The molecule has 5 heteroatoms. The van der Waals surface area contributed by atoms with Gasteiger partial charge in [0.1, 0.15) is 11.8 Å². The Bertz CT molecular complexity index is 257. The highest BCUT2D eigenvalue weighted by Gasteiger charge is 2.43. The van der Waals surface area contributed by atoms with E-state index in [1.165, 1.54) is 0 Å². The van der Waals surface area contributed by atoms with Crippen LogP contribution in [0, 0.1) is 5.41 Å². The fourth-order valence-corrected chi connectivity index (χ4v) is 1.84. The molecular weight excluding hydrogens is 211 g/mol. The standard InChI is InChI=1S/C11H21FN2O2/c1-10(2,3)16-9(15)14-7-11(6-13)4-8(12)5-11/h8H,4-7,13H2,1-3H3,(H,14,15). The first-order valence-electron chi connectivity index (χ1n) is 5.57. The summed E-state index contributed by atoms with van der Waals surface area (Å²) in [7, 11) is 0. The van der Waals surface area contributed by atoms with E-state index in [1.54, 1.807) is 20.8 Å². The number of nitrogens with one attached hydrogen (secondary N) is 1. The lowest BCUT2D eigenvalue weighted by Crippen LogP contribution is -2.52. The van der Waals surface area contributed by atoms with E-state index in [4.69, 9.17) is 10.5 Å². The number of rotatable bonds is 3. The smallest absolute Gasteiger partial charge is 0.407 e. The number of amides is 1. The summed E-state index contributed by atoms with van der Waals surface area (Å²) in [6, 6.07) is 0. The Kier molecular flexibility index (Phi) is 3.78. The van der Waals surface area contributed by atoms with Gasteiger partial charge in [0.25, 0.3) is 0 Å². The summed E-state index contributed by atoms with van der Waals surface area (Å²) in [4.78, 5) is 11.4. The van der Waals surface area contributed by atoms with Crippen molar-refractivity contribution in [1.29, 1.82) is 0 Å². The molecule has 0 heterocycles. The third-order valence-corrected chi connectivity index (χ3v) is 2.75. The lowest BCUT2D eigenvalue weighted by Gasteiger charge is -2.43. The van der Waals surface area contributed by atoms with E-state index in [2.05, 4.69) is 5.32 Å². The minimum atomic E-state index is -0.774. The average molecular weight is 232 g/mol. The quantitative estimate of drug-likeness (QED) is 0.776. The van der Waals surface area contributed by atoms with Crippen molar-refractivity contribution < 1.29 is 13.9 Å². The predicted octanol–water partition coefficient (Wildman–Crippen LogP) is 1.59. The molecule has 1 amide bonds. The summed E-state index contributed by atoms with van der Waals surface area (Å²) in [5.41, 5.74) is 4.81. The SMILES string of the molecule is CC(C)(C)OC(=O)NCC1(CN)CC(F)C1. The maximum absolute atomic E-state index is 12.8. The van der Waals surface area contributed by atoms with Crippen LogP contribution in [-0.4, -0.2) is 31.0 Å². The minimum absolute atomic E-state index is 0.268. The fourth-order valence-electron chi connectivity index (χ4n) is 1.84. The Balaban J connectivity index is 2.31. The van der Waals surface area contributed by atoms with E-state index in [-0.39, 0.29) is 5.41 Å². The number of alkyl halides is 1. The van der Waals surface area contributed by atoms with Gasteiger partial charge >= 0.3 is 6.09 Å². The molecule has 1 aliphatic rings. The molecule has 0 aliphatic heterocycles. The molecule has 0 saturated heterocycles. The molecule has 0 radical (unpaired) electrons. The van der Waals surface area contributed by atoms with Gasteiger partial charge in [-0.15, -0.1) is 0 Å². The summed E-state index contributed by atoms with van der Waals surface area (Å²) in [5, 5.41) is 2.65. The molecule has 1 fully saturated rings. The highest BCUT2D eigenvalue weighted by Crippen LogP contribution is 2.41. The van der Waals surface area contributed by atoms with Gasteiger partial charge in [0.2, 0.25) is 0 Å². The second kappa shape index (κ2) is 4.57. The summed E-state index contributed by atoms with van der Waals surface area (Å²) < 4.78 is 17.9. The number of ether oxygens (including phenoxy) is 1. The third-order valence-electron chi connectivity index (χ3n) is 2.75. The first-order valence-corrected chi connectivity index (χ1v) is 5.57. The van der Waals surface area contributed by atoms with Crippen LogP contribution in [-0.2, 0) is 4.74 Å². The number of halogens is 1. The van der Waals surface area contributed by atoms with Gasteiger partial charge in [-0.05, 0) is 40.2 Å². The van der Waals surface area contributed by atoms with Crippen molar-refractivity contribution in [3.05, 3.63) is 0 Å². The van der Waals surface area contributed by atoms with Crippen molar-refractivity contribution in [3.63, 3.8) is 0 Å². The van der Waals surface area contributed by atoms with Gasteiger partial charge in [-0.25, -0.2) is 9.18 Å². The van der Waals surface area contributed by atoms with Crippen LogP contribution in [0.15, 0.2) is 0 Å². The highest BCUT2D eigenvalue weighted by molar-refractivity contribution is 5.67. The maximum Gasteiger partial charge on any atom is 0.407 e. The molecule has 0 atom stereocenters. The zero-order valence-corrected chi connectivity index (χ0v) is 10.2. The zero-order chi connectivity index (χ0) is 12.4. The normalized spacial score (nSPS) is 29.4. The number of carbonyl (C=O) groups is 1. The topological polar surface area (TPSA) is 64.3 Å². The zero-order valence-electron chi connectivity index (χ0n) is 10.2. The molecule has 4 nitrogen and oxygen atoms in total. The van der Waals surface area contributed by atoms with E-state index in [1.807, 2.05) is 0 Å². The summed E-state index contributed by atoms with van der Waals surface area (Å²) >= 11 is 0. The Morgan fingerprint density at radius 3 is 2.50 bits per heavy atom. The fraction of sp³-hybridized carbons (Fsp3) is 0.909. The van der Waals surface area contributed by atoms with Gasteiger partial charge in [-0.3, -0.25) is 0 Å². The summed E-state index contributed by atoms with van der Waals surface area (Å²) in [5.74, 6) is 0. The third kappa shape index (κ3) is 3.63. The Morgan fingerprint density at radius 2 is 2.12 bits per heavy atom. The van der Waals surface area contributed by atoms with Crippen molar-refractivity contribution in [2.24, 2.45) is 11.1 Å². The molecule has 1 saturated carbocycles. The molecule has 1 aliphatic carbocycles.